The molecular weight excluding hydrogens is 239 g/mol. The number of aliphatic carboxylic acids is 1. The van der Waals surface area contributed by atoms with Gasteiger partial charge in [0.1, 0.15) is 0 Å². The summed E-state index contributed by atoms with van der Waals surface area (Å²) in [6.45, 7) is 3.32. The van der Waals surface area contributed by atoms with Crippen molar-refractivity contribution in [1.82, 2.24) is 5.32 Å². The first-order chi connectivity index (χ1) is 7.55. The summed E-state index contributed by atoms with van der Waals surface area (Å²) < 4.78 is 36.1. The summed E-state index contributed by atoms with van der Waals surface area (Å²) in [5.74, 6) is -3.16. The van der Waals surface area contributed by atoms with Crippen molar-refractivity contribution in [2.24, 2.45) is 11.3 Å². The summed E-state index contributed by atoms with van der Waals surface area (Å²) >= 11 is 0. The summed E-state index contributed by atoms with van der Waals surface area (Å²) in [6.07, 6.45) is -4.72. The number of carbonyl (C=O) groups is 2. The quantitative estimate of drug-likeness (QED) is 0.802. The van der Waals surface area contributed by atoms with E-state index in [9.17, 15) is 22.8 Å². The molecule has 7 heteroatoms. The number of alkyl halides is 3. The molecule has 1 rings (SSSR count). The van der Waals surface area contributed by atoms with Crippen molar-refractivity contribution in [3.8, 4) is 0 Å². The largest absolute Gasteiger partial charge is 0.481 e. The standard InChI is InChI=1S/C10H14F3NO3/c1-9(2)5(4-7(15)16)3-6(9)14-8(17)10(11,12)13/h5-6H,3-4H2,1-2H3,(H,14,17)(H,15,16)/t5-,6-/m1/s1. The van der Waals surface area contributed by atoms with Crippen LogP contribution in [0.15, 0.2) is 0 Å². The van der Waals surface area contributed by atoms with Gasteiger partial charge < -0.3 is 10.4 Å². The molecule has 4 nitrogen and oxygen atoms in total. The molecule has 0 saturated heterocycles. The van der Waals surface area contributed by atoms with Crippen LogP contribution < -0.4 is 5.32 Å². The van der Waals surface area contributed by atoms with Crippen molar-refractivity contribution in [1.29, 1.82) is 0 Å². The van der Waals surface area contributed by atoms with E-state index in [0.29, 0.717) is 0 Å². The van der Waals surface area contributed by atoms with Crippen LogP contribution in [0.2, 0.25) is 0 Å². The number of hydrogen-bond acceptors (Lipinski definition) is 2. The third kappa shape index (κ3) is 2.89. The van der Waals surface area contributed by atoms with Crippen molar-refractivity contribution in [3.05, 3.63) is 0 Å². The van der Waals surface area contributed by atoms with Gasteiger partial charge in [0, 0.05) is 12.5 Å². The summed E-state index contributed by atoms with van der Waals surface area (Å²) in [6, 6.07) is -0.624. The molecule has 1 amide bonds. The van der Waals surface area contributed by atoms with Gasteiger partial charge in [-0.05, 0) is 17.8 Å². The van der Waals surface area contributed by atoms with Crippen molar-refractivity contribution in [2.75, 3.05) is 0 Å². The molecule has 2 atom stereocenters. The van der Waals surface area contributed by atoms with Crippen molar-refractivity contribution < 1.29 is 27.9 Å². The Morgan fingerprint density at radius 2 is 1.94 bits per heavy atom. The first-order valence-corrected chi connectivity index (χ1v) is 5.14. The predicted molar refractivity (Wildman–Crippen MR) is 52.1 cm³/mol. The number of carboxylic acids is 1. The highest BCUT2D eigenvalue weighted by molar-refractivity contribution is 5.82. The molecule has 1 aliphatic rings. The minimum Gasteiger partial charge on any atom is -0.481 e. The second kappa shape index (κ2) is 4.19. The Balaban J connectivity index is 2.56. The number of hydrogen-bond donors (Lipinski definition) is 2. The van der Waals surface area contributed by atoms with Crippen LogP contribution in [0, 0.1) is 11.3 Å². The van der Waals surface area contributed by atoms with E-state index in [2.05, 4.69) is 0 Å². The van der Waals surface area contributed by atoms with Gasteiger partial charge in [-0.1, -0.05) is 13.8 Å². The summed E-state index contributed by atoms with van der Waals surface area (Å²) in [5.41, 5.74) is -0.626. The second-order valence-corrected chi connectivity index (χ2v) is 4.88. The Labute approximate surface area is 96.2 Å². The van der Waals surface area contributed by atoms with E-state index in [1.54, 1.807) is 13.8 Å². The van der Waals surface area contributed by atoms with Gasteiger partial charge in [0.15, 0.2) is 0 Å². The van der Waals surface area contributed by atoms with Gasteiger partial charge in [-0.25, -0.2) is 0 Å². The highest BCUT2D eigenvalue weighted by Gasteiger charge is 2.51. The fraction of sp³-hybridized carbons (Fsp3) is 0.800. The normalized spacial score (nSPS) is 27.1. The molecule has 0 heterocycles. The maximum Gasteiger partial charge on any atom is 0.471 e. The Morgan fingerprint density at radius 1 is 1.41 bits per heavy atom. The molecule has 17 heavy (non-hydrogen) atoms. The molecule has 98 valence electrons. The zero-order valence-electron chi connectivity index (χ0n) is 9.47. The van der Waals surface area contributed by atoms with Gasteiger partial charge in [-0.2, -0.15) is 13.2 Å². The van der Waals surface area contributed by atoms with Crippen molar-refractivity contribution in [2.45, 2.75) is 38.9 Å². The van der Waals surface area contributed by atoms with Gasteiger partial charge in [0.2, 0.25) is 0 Å². The zero-order valence-corrected chi connectivity index (χ0v) is 9.47. The second-order valence-electron chi connectivity index (χ2n) is 4.88. The van der Waals surface area contributed by atoms with Crippen molar-refractivity contribution in [3.63, 3.8) is 0 Å². The molecule has 1 saturated carbocycles. The smallest absolute Gasteiger partial charge is 0.471 e. The van der Waals surface area contributed by atoms with Crippen LogP contribution in [-0.2, 0) is 9.59 Å². The van der Waals surface area contributed by atoms with Crippen LogP contribution in [0.3, 0.4) is 0 Å². The molecule has 0 aromatic carbocycles. The molecule has 2 N–H and O–H groups in total. The molecule has 0 unspecified atom stereocenters. The number of nitrogens with one attached hydrogen (secondary N) is 1. The fourth-order valence-electron chi connectivity index (χ4n) is 2.06. The Kier molecular flexibility index (Phi) is 3.40. The van der Waals surface area contributed by atoms with E-state index in [-0.39, 0.29) is 18.8 Å². The van der Waals surface area contributed by atoms with E-state index in [1.165, 1.54) is 0 Å². The Morgan fingerprint density at radius 3 is 2.29 bits per heavy atom. The molecular formula is C10H14F3NO3. The lowest BCUT2D eigenvalue weighted by Gasteiger charge is -2.52. The fourth-order valence-corrected chi connectivity index (χ4v) is 2.06. The van der Waals surface area contributed by atoms with E-state index < -0.39 is 29.5 Å². The third-order valence-electron chi connectivity index (χ3n) is 3.45. The highest BCUT2D eigenvalue weighted by Crippen LogP contribution is 2.48. The molecule has 0 spiro atoms. The maximum absolute atomic E-state index is 12.0. The van der Waals surface area contributed by atoms with Gasteiger partial charge in [0.25, 0.3) is 0 Å². The third-order valence-corrected chi connectivity index (χ3v) is 3.45. The van der Waals surface area contributed by atoms with Crippen LogP contribution >= 0.6 is 0 Å². The number of carbonyl (C=O) groups excluding carboxylic acids is 1. The maximum atomic E-state index is 12.0. The molecule has 1 fully saturated rings. The van der Waals surface area contributed by atoms with Crippen LogP contribution in [-0.4, -0.2) is 29.2 Å². The zero-order chi connectivity index (χ0) is 13.4. The summed E-state index contributed by atoms with van der Waals surface area (Å²) in [7, 11) is 0. The SMILES string of the molecule is CC1(C)[C@@H](CC(=O)O)C[C@H]1NC(=O)C(F)(F)F. The number of amides is 1. The minimum atomic E-state index is -4.89. The van der Waals surface area contributed by atoms with Crippen molar-refractivity contribution >= 4 is 11.9 Å². The molecule has 0 aromatic rings. The molecule has 1 aliphatic carbocycles. The van der Waals surface area contributed by atoms with Gasteiger partial charge in [0.05, 0.1) is 0 Å². The summed E-state index contributed by atoms with van der Waals surface area (Å²) in [4.78, 5) is 21.2. The topological polar surface area (TPSA) is 66.4 Å². The lowest BCUT2D eigenvalue weighted by molar-refractivity contribution is -0.177. The monoisotopic (exact) mass is 253 g/mol. The lowest BCUT2D eigenvalue weighted by Crippen LogP contribution is -2.60. The minimum absolute atomic E-state index is 0.0919. The number of carboxylic acid groups (broad SMARTS) is 1. The highest BCUT2D eigenvalue weighted by atomic mass is 19.4. The van der Waals surface area contributed by atoms with Gasteiger partial charge >= 0.3 is 18.1 Å². The first kappa shape index (κ1) is 13.8. The molecule has 0 aliphatic heterocycles. The number of rotatable bonds is 3. The molecule has 0 radical (unpaired) electrons. The Bertz CT molecular complexity index is 338. The average molecular weight is 253 g/mol. The lowest BCUT2D eigenvalue weighted by atomic mass is 9.57. The van der Waals surface area contributed by atoms with E-state index >= 15 is 0 Å². The van der Waals surface area contributed by atoms with Crippen LogP contribution in [0.4, 0.5) is 13.2 Å². The summed E-state index contributed by atoms with van der Waals surface area (Å²) in [5, 5.41) is 10.5. The predicted octanol–water partition coefficient (Wildman–Crippen LogP) is 1.55. The molecule has 0 aromatic heterocycles. The van der Waals surface area contributed by atoms with Gasteiger partial charge in [-0.15, -0.1) is 0 Å². The average Bonchev–Trinajstić information content (AvgIpc) is 2.13. The first-order valence-electron chi connectivity index (χ1n) is 5.14. The van der Waals surface area contributed by atoms with E-state index in [4.69, 9.17) is 5.11 Å². The van der Waals surface area contributed by atoms with Gasteiger partial charge in [-0.3, -0.25) is 9.59 Å². The van der Waals surface area contributed by atoms with E-state index in [1.807, 2.05) is 5.32 Å². The van der Waals surface area contributed by atoms with Crippen LogP contribution in [0.1, 0.15) is 26.7 Å². The van der Waals surface area contributed by atoms with Crippen LogP contribution in [0.25, 0.3) is 0 Å². The van der Waals surface area contributed by atoms with Crippen LogP contribution in [0.5, 0.6) is 0 Å². The Hall–Kier alpha value is -1.27. The molecule has 0 bridgehead atoms. The van der Waals surface area contributed by atoms with E-state index in [0.717, 1.165) is 0 Å². The number of halogens is 3.